The largest absolute Gasteiger partial charge is 0.396 e. The molecule has 9 N–H and O–H groups in total. The van der Waals surface area contributed by atoms with Crippen LogP contribution in [-0.4, -0.2) is 79.3 Å². The predicted molar refractivity (Wildman–Crippen MR) is 227 cm³/mol. The van der Waals surface area contributed by atoms with E-state index in [4.69, 9.17) is 32.5 Å². The number of nitrogens with zero attached hydrogens (tertiary/aromatic N) is 1. The molecule has 0 amide bonds. The van der Waals surface area contributed by atoms with Crippen LogP contribution in [0.3, 0.4) is 0 Å². The van der Waals surface area contributed by atoms with Gasteiger partial charge in [-0.1, -0.05) is 87.0 Å². The quantitative estimate of drug-likeness (QED) is 0.0726. The zero-order valence-electron chi connectivity index (χ0n) is 36.2. The highest BCUT2D eigenvalue weighted by Crippen LogP contribution is 2.68. The summed E-state index contributed by atoms with van der Waals surface area (Å²) < 4.78 is 0. The predicted octanol–water partition coefficient (Wildman–Crippen LogP) is 9.14. The molecule has 4 rings (SSSR count). The second-order valence-corrected chi connectivity index (χ2v) is 17.1. The van der Waals surface area contributed by atoms with Crippen molar-refractivity contribution in [3.05, 3.63) is 0 Å². The van der Waals surface area contributed by atoms with E-state index >= 15 is 0 Å². The van der Waals surface area contributed by atoms with Crippen LogP contribution in [-0.2, 0) is 0 Å². The van der Waals surface area contributed by atoms with E-state index in [2.05, 4.69) is 39.5 Å². The molecule has 4 aliphatic carbocycles. The van der Waals surface area contributed by atoms with Crippen LogP contribution in [0.2, 0.25) is 0 Å². The third-order valence-electron chi connectivity index (χ3n) is 13.7. The van der Waals surface area contributed by atoms with Gasteiger partial charge in [-0.3, -0.25) is 0 Å². The van der Waals surface area contributed by atoms with Crippen molar-refractivity contribution < 1.29 is 15.3 Å². The highest BCUT2D eigenvalue weighted by Gasteiger charge is 2.60. The molecule has 52 heavy (non-hydrogen) atoms. The van der Waals surface area contributed by atoms with Crippen LogP contribution in [0.15, 0.2) is 0 Å². The van der Waals surface area contributed by atoms with Crippen molar-refractivity contribution in [2.75, 3.05) is 59.1 Å². The maximum Gasteiger partial charge on any atom is 0.0443 e. The monoisotopic (exact) mass is 741 g/mol. The summed E-state index contributed by atoms with van der Waals surface area (Å²) in [5.74, 6) is 6.17. The number of unbranched alkanes of at least 4 members (excludes halogenated alkanes) is 4. The minimum absolute atomic E-state index is 0.219. The van der Waals surface area contributed by atoms with Crippen molar-refractivity contribution >= 4 is 0 Å². The summed E-state index contributed by atoms with van der Waals surface area (Å²) in [7, 11) is 0. The second kappa shape index (κ2) is 31.9. The molecular weight excluding hydrogens is 645 g/mol. The molecule has 8 atom stereocenters. The Hall–Kier alpha value is -0.280. The Labute approximate surface area is 325 Å². The first-order valence-corrected chi connectivity index (χ1v) is 22.8. The fourth-order valence-corrected chi connectivity index (χ4v) is 10.9. The summed E-state index contributed by atoms with van der Waals surface area (Å²) in [5.41, 5.74) is 16.3. The van der Waals surface area contributed by atoms with Crippen molar-refractivity contribution in [1.82, 2.24) is 4.90 Å². The van der Waals surface area contributed by atoms with Crippen LogP contribution in [0.4, 0.5) is 0 Å². The smallest absolute Gasteiger partial charge is 0.0443 e. The van der Waals surface area contributed by atoms with E-state index in [1.165, 1.54) is 83.8 Å². The van der Waals surface area contributed by atoms with Crippen LogP contribution >= 0.6 is 0 Å². The SMILES string of the molecule is CC.CCCCCN(CCCCC)CCC[C@@H](C)C1CCC2C3CCC4CCCCC4(C)C3CCC21C.NCCCO.NCCCO.NCCCO. The number of aliphatic hydroxyl groups is 3. The number of hydrogen-bond donors (Lipinski definition) is 6. The summed E-state index contributed by atoms with van der Waals surface area (Å²) in [5, 5.41) is 24.0. The van der Waals surface area contributed by atoms with Gasteiger partial charge in [0, 0.05) is 19.8 Å². The van der Waals surface area contributed by atoms with E-state index in [9.17, 15) is 0 Å². The zero-order chi connectivity index (χ0) is 39.3. The van der Waals surface area contributed by atoms with Gasteiger partial charge in [-0.05, 0) is 182 Å². The summed E-state index contributed by atoms with van der Waals surface area (Å²) in [6, 6.07) is 0. The lowest BCUT2D eigenvalue weighted by molar-refractivity contribution is -0.114. The Morgan fingerprint density at radius 1 is 0.596 bits per heavy atom. The van der Waals surface area contributed by atoms with Gasteiger partial charge in [-0.25, -0.2) is 0 Å². The summed E-state index contributed by atoms with van der Waals surface area (Å²) in [6.45, 7) is 23.3. The van der Waals surface area contributed by atoms with Crippen molar-refractivity contribution in [2.45, 2.75) is 183 Å². The van der Waals surface area contributed by atoms with E-state index in [0.717, 1.165) is 54.8 Å². The zero-order valence-corrected chi connectivity index (χ0v) is 36.2. The minimum Gasteiger partial charge on any atom is -0.396 e. The highest BCUT2D eigenvalue weighted by molar-refractivity contribution is 5.09. The first kappa shape index (κ1) is 51.7. The van der Waals surface area contributed by atoms with Crippen molar-refractivity contribution in [2.24, 2.45) is 63.5 Å². The minimum atomic E-state index is 0.219. The molecule has 0 bridgehead atoms. The van der Waals surface area contributed by atoms with Crippen LogP contribution in [0, 0.1) is 46.3 Å². The first-order valence-electron chi connectivity index (χ1n) is 22.8. The Kier molecular flexibility index (Phi) is 31.7. The van der Waals surface area contributed by atoms with Gasteiger partial charge in [-0.15, -0.1) is 0 Å². The van der Waals surface area contributed by atoms with Gasteiger partial charge >= 0.3 is 0 Å². The van der Waals surface area contributed by atoms with E-state index < -0.39 is 0 Å². The molecule has 314 valence electrons. The second-order valence-electron chi connectivity index (χ2n) is 17.1. The average Bonchev–Trinajstić information content (AvgIpc) is 3.51. The lowest BCUT2D eigenvalue weighted by atomic mass is 9.44. The lowest BCUT2D eigenvalue weighted by Crippen LogP contribution is -2.53. The lowest BCUT2D eigenvalue weighted by Gasteiger charge is -2.61. The number of hydrogen-bond acceptors (Lipinski definition) is 7. The normalized spacial score (nSPS) is 29.3. The third kappa shape index (κ3) is 17.7. The van der Waals surface area contributed by atoms with Crippen molar-refractivity contribution in [1.29, 1.82) is 0 Å². The molecule has 0 aliphatic heterocycles. The molecule has 0 aromatic carbocycles. The van der Waals surface area contributed by atoms with Gasteiger partial charge in [0.05, 0.1) is 0 Å². The fourth-order valence-electron chi connectivity index (χ4n) is 10.9. The standard InChI is InChI=1S/C34H63N.3C3H9NO.C2H6/c1-6-8-12-24-35(25-13-9-7-2)26-14-15-27(3)30-19-20-31-29-18-17-28-16-10-11-22-33(28,4)32(29)21-23-34(30,31)5;3*4-2-1-3-5;1-2/h27-32H,6-26H2,1-5H3;3*5H,1-4H2;1-2H3/t27-,28?,29?,30?,31?,32?,33?,34?;;;;/m1..../s1. The van der Waals surface area contributed by atoms with Gasteiger partial charge in [0.25, 0.3) is 0 Å². The maximum atomic E-state index is 7.99. The summed E-state index contributed by atoms with van der Waals surface area (Å²) in [6.07, 6.45) is 28.9. The molecule has 0 saturated heterocycles. The third-order valence-corrected chi connectivity index (χ3v) is 13.7. The molecular formula is C45H96N4O3. The molecule has 7 unspecified atom stereocenters. The summed E-state index contributed by atoms with van der Waals surface area (Å²) >= 11 is 0. The fraction of sp³-hybridized carbons (Fsp3) is 1.00. The van der Waals surface area contributed by atoms with Crippen LogP contribution in [0.25, 0.3) is 0 Å². The molecule has 7 nitrogen and oxygen atoms in total. The van der Waals surface area contributed by atoms with Crippen molar-refractivity contribution in [3.8, 4) is 0 Å². The van der Waals surface area contributed by atoms with E-state index in [1.807, 2.05) is 13.8 Å². The maximum absolute atomic E-state index is 7.99. The Morgan fingerprint density at radius 2 is 1.12 bits per heavy atom. The number of fused-ring (bicyclic) bond motifs is 5. The van der Waals surface area contributed by atoms with Crippen molar-refractivity contribution in [3.63, 3.8) is 0 Å². The Bertz CT molecular complexity index is 759. The van der Waals surface area contributed by atoms with E-state index in [1.54, 1.807) is 51.4 Å². The van der Waals surface area contributed by atoms with E-state index in [0.29, 0.717) is 30.5 Å². The Balaban J connectivity index is 0.00000128. The van der Waals surface area contributed by atoms with Gasteiger partial charge < -0.3 is 37.4 Å². The Morgan fingerprint density at radius 3 is 1.60 bits per heavy atom. The molecule has 7 heteroatoms. The number of aliphatic hydroxyl groups excluding tert-OH is 3. The molecule has 0 aromatic heterocycles. The summed E-state index contributed by atoms with van der Waals surface area (Å²) in [4.78, 5) is 2.83. The van der Waals surface area contributed by atoms with E-state index in [-0.39, 0.29) is 19.8 Å². The first-order chi connectivity index (χ1) is 25.2. The van der Waals surface area contributed by atoms with Crippen LogP contribution in [0.1, 0.15) is 183 Å². The topological polar surface area (TPSA) is 142 Å². The molecule has 0 radical (unpaired) electrons. The van der Waals surface area contributed by atoms with Gasteiger partial charge in [0.2, 0.25) is 0 Å². The van der Waals surface area contributed by atoms with Crippen LogP contribution in [0.5, 0.6) is 0 Å². The van der Waals surface area contributed by atoms with Gasteiger partial charge in [0.1, 0.15) is 0 Å². The molecule has 4 fully saturated rings. The molecule has 0 heterocycles. The van der Waals surface area contributed by atoms with Gasteiger partial charge in [0.15, 0.2) is 0 Å². The highest BCUT2D eigenvalue weighted by atomic mass is 16.3. The average molecular weight is 741 g/mol. The number of rotatable bonds is 19. The number of nitrogens with two attached hydrogens (primary N) is 3. The molecule has 0 spiro atoms. The molecule has 0 aromatic rings. The van der Waals surface area contributed by atoms with Crippen LogP contribution < -0.4 is 17.2 Å². The van der Waals surface area contributed by atoms with Gasteiger partial charge in [-0.2, -0.15) is 0 Å². The molecule has 4 aliphatic rings. The molecule has 4 saturated carbocycles.